The molecule has 0 aliphatic carbocycles. The van der Waals surface area contributed by atoms with Crippen LogP contribution in [0.15, 0.2) is 30.3 Å². The molecule has 0 aliphatic heterocycles. The van der Waals surface area contributed by atoms with Crippen LogP contribution >= 0.6 is 0 Å². The zero-order chi connectivity index (χ0) is 17.9. The number of hydrogen-bond donors (Lipinski definition) is 3. The number of carbonyl (C=O) groups is 1. The van der Waals surface area contributed by atoms with Crippen molar-refractivity contribution in [2.24, 2.45) is 11.7 Å². The van der Waals surface area contributed by atoms with Crippen LogP contribution in [0.2, 0.25) is 0 Å². The average Bonchev–Trinajstić information content (AvgIpc) is 2.58. The van der Waals surface area contributed by atoms with Gasteiger partial charge in [0.25, 0.3) is 0 Å². The predicted molar refractivity (Wildman–Crippen MR) is 96.6 cm³/mol. The van der Waals surface area contributed by atoms with E-state index in [2.05, 4.69) is 19.2 Å². The predicted octanol–water partition coefficient (Wildman–Crippen LogP) is 3.38. The van der Waals surface area contributed by atoms with Gasteiger partial charge in [0, 0.05) is 0 Å². The van der Waals surface area contributed by atoms with Crippen molar-refractivity contribution in [2.45, 2.75) is 64.6 Å². The summed E-state index contributed by atoms with van der Waals surface area (Å²) in [6.45, 7) is 6.61. The van der Waals surface area contributed by atoms with E-state index in [1.165, 1.54) is 0 Å². The highest BCUT2D eigenvalue weighted by Crippen LogP contribution is 2.20. The van der Waals surface area contributed by atoms with E-state index in [-0.39, 0.29) is 0 Å². The summed E-state index contributed by atoms with van der Waals surface area (Å²) in [4.78, 5) is 12.0. The first-order chi connectivity index (χ1) is 11.5. The van der Waals surface area contributed by atoms with Crippen molar-refractivity contribution in [2.75, 3.05) is 6.61 Å². The molecule has 0 fully saturated rings. The van der Waals surface area contributed by atoms with Gasteiger partial charge >= 0.3 is 6.09 Å². The molecule has 0 aromatic heterocycles. The minimum absolute atomic E-state index is 0.373. The van der Waals surface area contributed by atoms with Crippen molar-refractivity contribution in [1.29, 1.82) is 0 Å². The average molecular weight is 336 g/mol. The molecular formula is C19H32N2O3. The summed E-state index contributed by atoms with van der Waals surface area (Å²) >= 11 is 0. The van der Waals surface area contributed by atoms with Gasteiger partial charge in [-0.15, -0.1) is 0 Å². The van der Waals surface area contributed by atoms with Crippen LogP contribution in [-0.4, -0.2) is 30.0 Å². The molecule has 24 heavy (non-hydrogen) atoms. The second-order valence-electron chi connectivity index (χ2n) is 6.63. The van der Waals surface area contributed by atoms with Crippen LogP contribution in [0.5, 0.6) is 0 Å². The fourth-order valence-electron chi connectivity index (χ4n) is 2.48. The van der Waals surface area contributed by atoms with Gasteiger partial charge in [0.2, 0.25) is 0 Å². The van der Waals surface area contributed by atoms with Crippen molar-refractivity contribution in [3.63, 3.8) is 0 Å². The zero-order valence-corrected chi connectivity index (χ0v) is 15.1. The Hall–Kier alpha value is -1.59. The molecule has 0 radical (unpaired) electrons. The van der Waals surface area contributed by atoms with Crippen molar-refractivity contribution in [1.82, 2.24) is 5.32 Å². The number of hydrogen-bond acceptors (Lipinski definition) is 4. The number of nitrogens with two attached hydrogens (primary N) is 1. The number of unbranched alkanes of at least 4 members (excludes halogenated alkanes) is 1. The number of alkyl carbamates (subject to hydrolysis) is 1. The van der Waals surface area contributed by atoms with Gasteiger partial charge in [-0.1, -0.05) is 57.5 Å². The quantitative estimate of drug-likeness (QED) is 0.572. The summed E-state index contributed by atoms with van der Waals surface area (Å²) in [5.41, 5.74) is 7.19. The second kappa shape index (κ2) is 11.0. The fourth-order valence-corrected chi connectivity index (χ4v) is 2.48. The molecule has 136 valence electrons. The first kappa shape index (κ1) is 20.5. The molecule has 1 rings (SSSR count). The third kappa shape index (κ3) is 7.32. The lowest BCUT2D eigenvalue weighted by Gasteiger charge is -2.29. The molecule has 3 unspecified atom stereocenters. The highest BCUT2D eigenvalue weighted by atomic mass is 16.5. The number of nitrogens with one attached hydrogen (secondary N) is 1. The van der Waals surface area contributed by atoms with E-state index in [0.717, 1.165) is 24.8 Å². The molecule has 0 aliphatic rings. The molecule has 1 aromatic rings. The van der Waals surface area contributed by atoms with Gasteiger partial charge in [-0.25, -0.2) is 4.79 Å². The Kier molecular flexibility index (Phi) is 9.42. The number of aliphatic hydroxyl groups is 1. The van der Waals surface area contributed by atoms with Crippen LogP contribution in [0.1, 0.15) is 58.1 Å². The monoisotopic (exact) mass is 336 g/mol. The number of aliphatic hydroxyl groups excluding tert-OH is 1. The molecule has 5 heteroatoms. The summed E-state index contributed by atoms with van der Waals surface area (Å²) in [5.74, 6) is 0.477. The maximum absolute atomic E-state index is 12.0. The topological polar surface area (TPSA) is 84.6 Å². The van der Waals surface area contributed by atoms with Gasteiger partial charge in [0.05, 0.1) is 24.8 Å². The molecule has 4 N–H and O–H groups in total. The first-order valence-electron chi connectivity index (χ1n) is 8.87. The number of rotatable bonds is 10. The van der Waals surface area contributed by atoms with E-state index >= 15 is 0 Å². The Bertz CT molecular complexity index is 465. The number of ether oxygens (including phenoxy) is 1. The molecule has 0 bridgehead atoms. The van der Waals surface area contributed by atoms with Gasteiger partial charge in [-0.3, -0.25) is 0 Å². The first-order valence-corrected chi connectivity index (χ1v) is 8.87. The van der Waals surface area contributed by atoms with Crippen LogP contribution < -0.4 is 11.1 Å². The summed E-state index contributed by atoms with van der Waals surface area (Å²) in [7, 11) is 0. The minimum Gasteiger partial charge on any atom is -0.450 e. The Morgan fingerprint density at radius 1 is 1.25 bits per heavy atom. The molecule has 0 heterocycles. The lowest BCUT2D eigenvalue weighted by Crippen LogP contribution is -2.50. The van der Waals surface area contributed by atoms with Gasteiger partial charge in [-0.05, 0) is 30.7 Å². The van der Waals surface area contributed by atoms with E-state index in [9.17, 15) is 9.90 Å². The highest BCUT2D eigenvalue weighted by molar-refractivity contribution is 5.67. The summed E-state index contributed by atoms with van der Waals surface area (Å²) in [5, 5.41) is 13.3. The maximum Gasteiger partial charge on any atom is 0.407 e. The Labute approximate surface area is 145 Å². The third-order valence-electron chi connectivity index (χ3n) is 4.04. The van der Waals surface area contributed by atoms with Crippen LogP contribution in [-0.2, 0) is 4.74 Å². The Morgan fingerprint density at radius 3 is 2.50 bits per heavy atom. The number of benzene rings is 1. The normalized spacial score (nSPS) is 14.9. The zero-order valence-electron chi connectivity index (χ0n) is 15.1. The SMILES string of the molecule is CCCCOC(=O)NC(C(O)CCC(C)C)C(N)c1ccccc1. The molecular weight excluding hydrogens is 304 g/mol. The lowest BCUT2D eigenvalue weighted by molar-refractivity contribution is 0.0859. The molecule has 0 spiro atoms. The van der Waals surface area contributed by atoms with Crippen LogP contribution in [0, 0.1) is 5.92 Å². The molecule has 5 nitrogen and oxygen atoms in total. The van der Waals surface area contributed by atoms with Gasteiger partial charge in [0.15, 0.2) is 0 Å². The van der Waals surface area contributed by atoms with Crippen molar-refractivity contribution < 1.29 is 14.6 Å². The standard InChI is InChI=1S/C19H32N2O3/c1-4-5-13-24-19(23)21-18(16(22)12-11-14(2)3)17(20)15-9-7-6-8-10-15/h6-10,14,16-18,22H,4-5,11-13,20H2,1-3H3,(H,21,23). The highest BCUT2D eigenvalue weighted by Gasteiger charge is 2.29. The van der Waals surface area contributed by atoms with E-state index in [0.29, 0.717) is 18.9 Å². The van der Waals surface area contributed by atoms with E-state index in [1.54, 1.807) is 0 Å². The molecule has 1 amide bonds. The lowest BCUT2D eigenvalue weighted by atomic mass is 9.92. The van der Waals surface area contributed by atoms with Crippen molar-refractivity contribution in [3.8, 4) is 0 Å². The van der Waals surface area contributed by atoms with E-state index in [4.69, 9.17) is 10.5 Å². The second-order valence-corrected chi connectivity index (χ2v) is 6.63. The minimum atomic E-state index is -0.721. The van der Waals surface area contributed by atoms with Gasteiger partial charge in [0.1, 0.15) is 0 Å². The van der Waals surface area contributed by atoms with Crippen LogP contribution in [0.25, 0.3) is 0 Å². The summed E-state index contributed by atoms with van der Waals surface area (Å²) < 4.78 is 5.16. The van der Waals surface area contributed by atoms with E-state index in [1.807, 2.05) is 37.3 Å². The third-order valence-corrected chi connectivity index (χ3v) is 4.04. The maximum atomic E-state index is 12.0. The van der Waals surface area contributed by atoms with Crippen LogP contribution in [0.4, 0.5) is 4.79 Å². The number of carbonyl (C=O) groups excluding carboxylic acids is 1. The van der Waals surface area contributed by atoms with Gasteiger partial charge < -0.3 is 20.9 Å². The Morgan fingerprint density at radius 2 is 1.92 bits per heavy atom. The Balaban J connectivity index is 2.76. The van der Waals surface area contributed by atoms with Crippen molar-refractivity contribution >= 4 is 6.09 Å². The number of amides is 1. The molecule has 1 aromatic carbocycles. The van der Waals surface area contributed by atoms with E-state index < -0.39 is 24.3 Å². The smallest absolute Gasteiger partial charge is 0.407 e. The summed E-state index contributed by atoms with van der Waals surface area (Å²) in [6, 6.07) is 8.42. The van der Waals surface area contributed by atoms with Crippen LogP contribution in [0.3, 0.4) is 0 Å². The van der Waals surface area contributed by atoms with Gasteiger partial charge in [-0.2, -0.15) is 0 Å². The molecule has 0 saturated carbocycles. The molecule has 0 saturated heterocycles. The molecule has 3 atom stereocenters. The fraction of sp³-hybridized carbons (Fsp3) is 0.632. The van der Waals surface area contributed by atoms with Crippen molar-refractivity contribution in [3.05, 3.63) is 35.9 Å². The largest absolute Gasteiger partial charge is 0.450 e. The summed E-state index contributed by atoms with van der Waals surface area (Å²) in [6.07, 6.45) is 1.98.